The summed E-state index contributed by atoms with van der Waals surface area (Å²) < 4.78 is 1.61. The Kier molecular flexibility index (Phi) is 3.70. The third-order valence-corrected chi connectivity index (χ3v) is 2.48. The number of nitrogens with one attached hydrogen (secondary N) is 1. The predicted molar refractivity (Wildman–Crippen MR) is 68.0 cm³/mol. The van der Waals surface area contributed by atoms with E-state index in [4.69, 9.17) is 5.26 Å². The molecule has 0 aliphatic rings. The Morgan fingerprint density at radius 1 is 1.44 bits per heavy atom. The Morgan fingerprint density at radius 2 is 2.28 bits per heavy atom. The molecule has 0 unspecified atom stereocenters. The first-order valence-electron chi connectivity index (χ1n) is 5.83. The van der Waals surface area contributed by atoms with Crippen molar-refractivity contribution in [3.8, 4) is 11.8 Å². The van der Waals surface area contributed by atoms with Crippen LogP contribution in [-0.4, -0.2) is 20.8 Å². The van der Waals surface area contributed by atoms with E-state index < -0.39 is 0 Å². The van der Waals surface area contributed by atoms with Crippen molar-refractivity contribution in [1.29, 1.82) is 5.26 Å². The summed E-state index contributed by atoms with van der Waals surface area (Å²) in [5, 5.41) is 16.1. The first kappa shape index (κ1) is 12.3. The van der Waals surface area contributed by atoms with E-state index in [1.807, 2.05) is 24.3 Å². The fraction of sp³-hybridized carbons (Fsp3) is 0.308. The minimum absolute atomic E-state index is 0.181. The van der Waals surface area contributed by atoms with Gasteiger partial charge in [-0.3, -0.25) is 0 Å². The highest BCUT2D eigenvalue weighted by atomic mass is 15.3. The fourth-order valence-electron chi connectivity index (χ4n) is 1.57. The van der Waals surface area contributed by atoms with Gasteiger partial charge in [-0.2, -0.15) is 5.26 Å². The fourth-order valence-corrected chi connectivity index (χ4v) is 1.57. The van der Waals surface area contributed by atoms with Gasteiger partial charge in [-0.25, -0.2) is 9.67 Å². The lowest BCUT2D eigenvalue weighted by atomic mass is 10.2. The zero-order valence-corrected chi connectivity index (χ0v) is 10.5. The molecule has 1 N–H and O–H groups in total. The maximum Gasteiger partial charge on any atom is 0.252 e. The van der Waals surface area contributed by atoms with Gasteiger partial charge < -0.3 is 5.32 Å². The van der Waals surface area contributed by atoms with Gasteiger partial charge >= 0.3 is 0 Å². The summed E-state index contributed by atoms with van der Waals surface area (Å²) >= 11 is 0. The normalized spacial score (nSPS) is 10.6. The summed E-state index contributed by atoms with van der Waals surface area (Å²) in [7, 11) is 0. The number of nitrogens with zero attached hydrogens (tertiary/aromatic N) is 4. The van der Waals surface area contributed by atoms with E-state index in [-0.39, 0.29) is 5.82 Å². The topological polar surface area (TPSA) is 66.5 Å². The highest BCUT2D eigenvalue weighted by Gasteiger charge is 2.03. The van der Waals surface area contributed by atoms with Crippen molar-refractivity contribution in [1.82, 2.24) is 20.1 Å². The highest BCUT2D eigenvalue weighted by Crippen LogP contribution is 2.09. The summed E-state index contributed by atoms with van der Waals surface area (Å²) in [4.78, 5) is 3.89. The second-order valence-electron chi connectivity index (χ2n) is 4.33. The van der Waals surface area contributed by atoms with Crippen LogP contribution in [0.5, 0.6) is 0 Å². The lowest BCUT2D eigenvalue weighted by Crippen LogP contribution is -2.21. The van der Waals surface area contributed by atoms with E-state index in [9.17, 15) is 0 Å². The zero-order chi connectivity index (χ0) is 13.0. The summed E-state index contributed by atoms with van der Waals surface area (Å²) in [6, 6.07) is 10.4. The molecule has 0 fully saturated rings. The molecular formula is C13H15N5. The number of hydrogen-bond donors (Lipinski definition) is 1. The second-order valence-corrected chi connectivity index (χ2v) is 4.33. The average molecular weight is 241 g/mol. The maximum atomic E-state index is 8.70. The third-order valence-electron chi connectivity index (χ3n) is 2.48. The first-order valence-corrected chi connectivity index (χ1v) is 5.83. The summed E-state index contributed by atoms with van der Waals surface area (Å²) in [6.45, 7) is 5.03. The first-order chi connectivity index (χ1) is 8.69. The lowest BCUT2D eigenvalue weighted by Gasteiger charge is -2.09. The molecule has 0 aliphatic heterocycles. The van der Waals surface area contributed by atoms with Crippen molar-refractivity contribution in [3.63, 3.8) is 0 Å². The van der Waals surface area contributed by atoms with Crippen LogP contribution in [0.4, 0.5) is 0 Å². The molecule has 1 aromatic heterocycles. The van der Waals surface area contributed by atoms with Gasteiger partial charge in [0.1, 0.15) is 12.4 Å². The van der Waals surface area contributed by atoms with Crippen LogP contribution in [0.3, 0.4) is 0 Å². The number of benzene rings is 1. The molecule has 92 valence electrons. The van der Waals surface area contributed by atoms with Crippen LogP contribution in [0.1, 0.15) is 25.2 Å². The van der Waals surface area contributed by atoms with Gasteiger partial charge in [-0.1, -0.05) is 26.0 Å². The molecule has 1 aromatic carbocycles. The minimum atomic E-state index is 0.181. The average Bonchev–Trinajstić information content (AvgIpc) is 2.85. The molecule has 0 saturated carbocycles. The highest BCUT2D eigenvalue weighted by molar-refractivity contribution is 5.35. The summed E-state index contributed by atoms with van der Waals surface area (Å²) in [5.74, 6) is 0.181. The SMILES string of the molecule is CC(C)NCc1cccc(-n2cnc(C#N)n2)c1. The van der Waals surface area contributed by atoms with Crippen LogP contribution in [0.25, 0.3) is 5.69 Å². The second kappa shape index (κ2) is 5.43. The van der Waals surface area contributed by atoms with Crippen molar-refractivity contribution in [2.45, 2.75) is 26.4 Å². The smallest absolute Gasteiger partial charge is 0.252 e. The van der Waals surface area contributed by atoms with Gasteiger partial charge in [0.05, 0.1) is 5.69 Å². The Balaban J connectivity index is 2.19. The van der Waals surface area contributed by atoms with Crippen LogP contribution in [0.15, 0.2) is 30.6 Å². The van der Waals surface area contributed by atoms with Crippen molar-refractivity contribution in [3.05, 3.63) is 42.0 Å². The molecule has 5 nitrogen and oxygen atoms in total. The Hall–Kier alpha value is -2.19. The van der Waals surface area contributed by atoms with Crippen LogP contribution < -0.4 is 5.32 Å². The third kappa shape index (κ3) is 2.93. The van der Waals surface area contributed by atoms with Crippen LogP contribution >= 0.6 is 0 Å². The van der Waals surface area contributed by atoms with E-state index in [1.54, 1.807) is 11.0 Å². The minimum Gasteiger partial charge on any atom is -0.310 e. The van der Waals surface area contributed by atoms with E-state index in [2.05, 4.69) is 35.3 Å². The number of nitriles is 1. The lowest BCUT2D eigenvalue weighted by molar-refractivity contribution is 0.588. The van der Waals surface area contributed by atoms with Gasteiger partial charge in [0, 0.05) is 12.6 Å². The molecule has 2 aromatic rings. The molecule has 0 bridgehead atoms. The molecular weight excluding hydrogens is 226 g/mol. The van der Waals surface area contributed by atoms with Gasteiger partial charge in [0.15, 0.2) is 0 Å². The molecule has 0 amide bonds. The monoisotopic (exact) mass is 241 g/mol. The predicted octanol–water partition coefficient (Wildman–Crippen LogP) is 1.64. The number of hydrogen-bond acceptors (Lipinski definition) is 4. The van der Waals surface area contributed by atoms with E-state index in [0.29, 0.717) is 6.04 Å². The van der Waals surface area contributed by atoms with Gasteiger partial charge in [0.25, 0.3) is 5.82 Å². The van der Waals surface area contributed by atoms with E-state index in [1.165, 1.54) is 5.56 Å². The Bertz CT molecular complexity index is 565. The van der Waals surface area contributed by atoms with Crippen LogP contribution in [0, 0.1) is 11.3 Å². The molecule has 1 heterocycles. The molecule has 5 heteroatoms. The van der Waals surface area contributed by atoms with Crippen molar-refractivity contribution in [2.75, 3.05) is 0 Å². The molecule has 0 aliphatic carbocycles. The van der Waals surface area contributed by atoms with Crippen molar-refractivity contribution >= 4 is 0 Å². The largest absolute Gasteiger partial charge is 0.310 e. The molecule has 0 atom stereocenters. The van der Waals surface area contributed by atoms with Gasteiger partial charge in [0.2, 0.25) is 0 Å². The van der Waals surface area contributed by atoms with Crippen molar-refractivity contribution < 1.29 is 0 Å². The Morgan fingerprint density at radius 3 is 2.94 bits per heavy atom. The van der Waals surface area contributed by atoms with Crippen LogP contribution in [-0.2, 0) is 6.54 Å². The molecule has 18 heavy (non-hydrogen) atoms. The van der Waals surface area contributed by atoms with Gasteiger partial charge in [-0.15, -0.1) is 5.10 Å². The summed E-state index contributed by atoms with van der Waals surface area (Å²) in [6.07, 6.45) is 1.55. The number of rotatable bonds is 4. The summed E-state index contributed by atoms with van der Waals surface area (Å²) in [5.41, 5.74) is 2.09. The molecule has 0 saturated heterocycles. The molecule has 2 rings (SSSR count). The molecule has 0 spiro atoms. The van der Waals surface area contributed by atoms with E-state index in [0.717, 1.165) is 12.2 Å². The quantitative estimate of drug-likeness (QED) is 0.883. The van der Waals surface area contributed by atoms with Gasteiger partial charge in [-0.05, 0) is 17.7 Å². The number of aromatic nitrogens is 3. The standard InChI is InChI=1S/C13H15N5/c1-10(2)15-8-11-4-3-5-12(6-11)18-9-16-13(7-14)17-18/h3-6,9-10,15H,8H2,1-2H3. The van der Waals surface area contributed by atoms with E-state index >= 15 is 0 Å². The Labute approximate surface area is 106 Å². The zero-order valence-electron chi connectivity index (χ0n) is 10.5. The van der Waals surface area contributed by atoms with Crippen molar-refractivity contribution in [2.24, 2.45) is 0 Å². The molecule has 0 radical (unpaired) electrons. The maximum absolute atomic E-state index is 8.70. The van der Waals surface area contributed by atoms with Crippen LogP contribution in [0.2, 0.25) is 0 Å².